The lowest BCUT2D eigenvalue weighted by Crippen LogP contribution is -2.14. The molecule has 0 aliphatic carbocycles. The normalized spacial score (nSPS) is 11.1. The molecule has 0 aliphatic rings. The molecule has 0 bridgehead atoms. The van der Waals surface area contributed by atoms with Crippen LogP contribution in [0.25, 0.3) is 0 Å². The van der Waals surface area contributed by atoms with Crippen LogP contribution in [0.2, 0.25) is 5.02 Å². The number of halogens is 2. The van der Waals surface area contributed by atoms with Gasteiger partial charge in [-0.05, 0) is 30.3 Å². The molecule has 2 rings (SSSR count). The molecule has 118 valence electrons. The fraction of sp³-hybridized carbons (Fsp3) is 0.143. The van der Waals surface area contributed by atoms with Crippen LogP contribution < -0.4 is 14.2 Å². The van der Waals surface area contributed by atoms with Gasteiger partial charge in [0.15, 0.2) is 0 Å². The Balaban J connectivity index is 2.40. The molecule has 0 aliphatic heterocycles. The first-order valence-electron chi connectivity index (χ1n) is 6.07. The molecule has 22 heavy (non-hydrogen) atoms. The average Bonchev–Trinajstić information content (AvgIpc) is 2.46. The van der Waals surface area contributed by atoms with Gasteiger partial charge >= 0.3 is 0 Å². The summed E-state index contributed by atoms with van der Waals surface area (Å²) in [4.78, 5) is -0.228. The monoisotopic (exact) mass is 345 g/mol. The molecule has 0 radical (unpaired) electrons. The number of nitrogens with one attached hydrogen (secondary N) is 1. The van der Waals surface area contributed by atoms with E-state index in [0.29, 0.717) is 5.75 Å². The van der Waals surface area contributed by atoms with Crippen molar-refractivity contribution < 1.29 is 22.3 Å². The molecular formula is C14H13ClFNO4S. The molecule has 0 saturated heterocycles. The molecule has 2 aromatic carbocycles. The molecule has 0 amide bonds. The van der Waals surface area contributed by atoms with E-state index < -0.39 is 15.8 Å². The van der Waals surface area contributed by atoms with Gasteiger partial charge in [0.1, 0.15) is 22.2 Å². The summed E-state index contributed by atoms with van der Waals surface area (Å²) in [5, 5.41) is -0.208. The van der Waals surface area contributed by atoms with Gasteiger partial charge in [-0.25, -0.2) is 12.8 Å². The second-order valence-corrected chi connectivity index (χ2v) is 6.30. The Hall–Kier alpha value is -1.99. The van der Waals surface area contributed by atoms with Crippen LogP contribution in [-0.4, -0.2) is 22.6 Å². The third-order valence-corrected chi connectivity index (χ3v) is 4.68. The van der Waals surface area contributed by atoms with E-state index >= 15 is 0 Å². The van der Waals surface area contributed by atoms with Crippen LogP contribution in [-0.2, 0) is 10.0 Å². The van der Waals surface area contributed by atoms with Gasteiger partial charge in [0.05, 0.1) is 24.9 Å². The van der Waals surface area contributed by atoms with Gasteiger partial charge in [-0.1, -0.05) is 11.6 Å². The molecule has 2 aromatic rings. The Morgan fingerprint density at radius 1 is 1.09 bits per heavy atom. The highest BCUT2D eigenvalue weighted by Crippen LogP contribution is 2.32. The van der Waals surface area contributed by atoms with Crippen LogP contribution in [0.5, 0.6) is 11.5 Å². The second kappa shape index (κ2) is 6.41. The summed E-state index contributed by atoms with van der Waals surface area (Å²) in [6.45, 7) is 0. The van der Waals surface area contributed by atoms with Gasteiger partial charge in [-0.15, -0.1) is 0 Å². The van der Waals surface area contributed by atoms with E-state index in [0.717, 1.165) is 18.2 Å². The number of ether oxygens (including phenoxy) is 2. The van der Waals surface area contributed by atoms with Crippen molar-refractivity contribution in [3.63, 3.8) is 0 Å². The number of anilines is 1. The summed E-state index contributed by atoms with van der Waals surface area (Å²) < 4.78 is 50.2. The van der Waals surface area contributed by atoms with Crippen molar-refractivity contribution in [3.8, 4) is 11.5 Å². The van der Waals surface area contributed by atoms with Crippen LogP contribution in [0, 0.1) is 5.82 Å². The van der Waals surface area contributed by atoms with Gasteiger partial charge in [0, 0.05) is 6.07 Å². The zero-order chi connectivity index (χ0) is 16.3. The summed E-state index contributed by atoms with van der Waals surface area (Å²) in [7, 11) is -1.10. The molecule has 0 saturated carbocycles. The highest BCUT2D eigenvalue weighted by molar-refractivity contribution is 7.92. The molecular weight excluding hydrogens is 333 g/mol. The quantitative estimate of drug-likeness (QED) is 0.903. The predicted octanol–water partition coefficient (Wildman–Crippen LogP) is 3.30. The predicted molar refractivity (Wildman–Crippen MR) is 81.8 cm³/mol. The third kappa shape index (κ3) is 3.42. The van der Waals surface area contributed by atoms with Crippen molar-refractivity contribution in [1.29, 1.82) is 0 Å². The van der Waals surface area contributed by atoms with E-state index in [2.05, 4.69) is 4.72 Å². The first-order valence-corrected chi connectivity index (χ1v) is 7.93. The summed E-state index contributed by atoms with van der Waals surface area (Å²) in [6, 6.07) is 7.65. The lowest BCUT2D eigenvalue weighted by atomic mass is 10.3. The number of sulfonamides is 1. The smallest absolute Gasteiger partial charge is 0.263 e. The molecule has 8 heteroatoms. The maximum absolute atomic E-state index is 13.0. The molecule has 5 nitrogen and oxygen atoms in total. The van der Waals surface area contributed by atoms with E-state index in [1.165, 1.54) is 26.4 Å². The zero-order valence-electron chi connectivity index (χ0n) is 11.8. The Kier molecular flexibility index (Phi) is 4.77. The van der Waals surface area contributed by atoms with Crippen LogP contribution >= 0.6 is 11.6 Å². The maximum Gasteiger partial charge on any atom is 0.263 e. The third-order valence-electron chi connectivity index (χ3n) is 2.84. The molecule has 0 heterocycles. The minimum atomic E-state index is -3.98. The number of rotatable bonds is 5. The van der Waals surface area contributed by atoms with Crippen molar-refractivity contribution in [2.75, 3.05) is 18.9 Å². The van der Waals surface area contributed by atoms with Gasteiger partial charge in [-0.2, -0.15) is 0 Å². The number of benzene rings is 2. The average molecular weight is 346 g/mol. The van der Waals surface area contributed by atoms with Crippen molar-refractivity contribution in [3.05, 3.63) is 47.2 Å². The summed E-state index contributed by atoms with van der Waals surface area (Å²) in [6.07, 6.45) is 0. The van der Waals surface area contributed by atoms with Crippen molar-refractivity contribution in [2.45, 2.75) is 4.90 Å². The molecule has 1 N–H and O–H groups in total. The van der Waals surface area contributed by atoms with Crippen LogP contribution in [0.4, 0.5) is 10.1 Å². The minimum absolute atomic E-state index is 0.208. The van der Waals surface area contributed by atoms with Gasteiger partial charge < -0.3 is 9.47 Å². The van der Waals surface area contributed by atoms with Crippen LogP contribution in [0.1, 0.15) is 0 Å². The molecule has 0 aromatic heterocycles. The first-order chi connectivity index (χ1) is 10.4. The van der Waals surface area contributed by atoms with E-state index in [9.17, 15) is 12.8 Å². The van der Waals surface area contributed by atoms with Crippen LogP contribution in [0.15, 0.2) is 41.3 Å². The van der Waals surface area contributed by atoms with Crippen molar-refractivity contribution in [2.24, 2.45) is 0 Å². The highest BCUT2D eigenvalue weighted by atomic mass is 35.5. The lowest BCUT2D eigenvalue weighted by Gasteiger charge is -2.13. The lowest BCUT2D eigenvalue weighted by molar-refractivity contribution is 0.395. The molecule has 0 spiro atoms. The Labute approximate surface area is 132 Å². The molecule has 0 atom stereocenters. The number of hydrogen-bond acceptors (Lipinski definition) is 4. The van der Waals surface area contributed by atoms with Gasteiger partial charge in [0.25, 0.3) is 10.0 Å². The molecule has 0 unspecified atom stereocenters. The van der Waals surface area contributed by atoms with E-state index in [-0.39, 0.29) is 21.4 Å². The summed E-state index contributed by atoms with van der Waals surface area (Å²) in [5.74, 6) is 0.173. The maximum atomic E-state index is 13.0. The van der Waals surface area contributed by atoms with Crippen LogP contribution in [0.3, 0.4) is 0 Å². The molecule has 0 fully saturated rings. The number of hydrogen-bond donors (Lipinski definition) is 1. The second-order valence-electron chi connectivity index (χ2n) is 4.25. The standard InChI is InChI=1S/C14H13ClFNO4S/c1-20-10-4-5-12(13(8-10)21-2)17-22(18,19)14-6-3-9(16)7-11(14)15/h3-8,17H,1-2H3. The van der Waals surface area contributed by atoms with Crippen molar-refractivity contribution >= 4 is 27.3 Å². The summed E-state index contributed by atoms with van der Waals surface area (Å²) in [5.41, 5.74) is 0.212. The van der Waals surface area contributed by atoms with Crippen molar-refractivity contribution in [1.82, 2.24) is 0 Å². The zero-order valence-corrected chi connectivity index (χ0v) is 13.3. The van der Waals surface area contributed by atoms with E-state index in [1.807, 2.05) is 0 Å². The fourth-order valence-corrected chi connectivity index (χ4v) is 3.38. The largest absolute Gasteiger partial charge is 0.497 e. The van der Waals surface area contributed by atoms with E-state index in [4.69, 9.17) is 21.1 Å². The van der Waals surface area contributed by atoms with E-state index in [1.54, 1.807) is 6.07 Å². The number of methoxy groups -OCH3 is 2. The topological polar surface area (TPSA) is 64.6 Å². The minimum Gasteiger partial charge on any atom is -0.497 e. The fourth-order valence-electron chi connectivity index (χ4n) is 1.78. The Bertz CT molecular complexity index is 795. The highest BCUT2D eigenvalue weighted by Gasteiger charge is 2.20. The first kappa shape index (κ1) is 16.4. The Morgan fingerprint density at radius 3 is 2.41 bits per heavy atom. The summed E-state index contributed by atoms with van der Waals surface area (Å²) >= 11 is 5.79. The van der Waals surface area contributed by atoms with Gasteiger partial charge in [0.2, 0.25) is 0 Å². The van der Waals surface area contributed by atoms with Gasteiger partial charge in [-0.3, -0.25) is 4.72 Å². The SMILES string of the molecule is COc1ccc(NS(=O)(=O)c2ccc(F)cc2Cl)c(OC)c1. The Morgan fingerprint density at radius 2 is 1.82 bits per heavy atom.